The Bertz CT molecular complexity index is 1270. The fourth-order valence-corrected chi connectivity index (χ4v) is 7.11. The minimum atomic E-state index is -3.34. The molecule has 0 N–H and O–H groups in total. The van der Waals surface area contributed by atoms with Gasteiger partial charge >= 0.3 is 0 Å². The number of fused-ring (bicyclic) bond motifs is 2. The second-order valence-electron chi connectivity index (χ2n) is 9.28. The quantitative estimate of drug-likeness (QED) is 0.463. The van der Waals surface area contributed by atoms with Gasteiger partial charge in [0.05, 0.1) is 17.0 Å². The number of rotatable bonds is 8. The zero-order valence-corrected chi connectivity index (χ0v) is 20.8. The molecule has 2 aromatic heterocycles. The Morgan fingerprint density at radius 1 is 0.943 bits per heavy atom. The van der Waals surface area contributed by atoms with Gasteiger partial charge in [0.1, 0.15) is 12.4 Å². The summed E-state index contributed by atoms with van der Waals surface area (Å²) in [7, 11) is -3.34. The Hall–Kier alpha value is -3.04. The van der Waals surface area contributed by atoms with Crippen molar-refractivity contribution in [1.82, 2.24) is 19.3 Å². The molecule has 0 unspecified atom stereocenters. The number of aromatic nitrogens is 3. The average molecular weight is 495 g/mol. The second kappa shape index (κ2) is 9.91. The van der Waals surface area contributed by atoms with E-state index >= 15 is 0 Å². The van der Waals surface area contributed by atoms with Gasteiger partial charge < -0.3 is 9.47 Å². The monoisotopic (exact) mass is 494 g/mol. The molecule has 3 aromatic rings. The Morgan fingerprint density at radius 2 is 1.66 bits per heavy atom. The number of nitrogens with zero attached hydrogens (tertiary/aromatic N) is 4. The standard InChI is InChI=1S/C26H30N4O4S/c1-18-25(28-17-29-26(18)34-24-9-6-13-27-19(24)2)33-23-15-21-10-11-22(16-23)30(21)35(31,32)14-12-20-7-4-3-5-8-20/h3-9,13,17,21-23H,10-12,14-16H2,1-2H3/t21-,22-/m0/s1. The van der Waals surface area contributed by atoms with Gasteiger partial charge in [-0.3, -0.25) is 4.98 Å². The van der Waals surface area contributed by atoms with Crippen LogP contribution in [-0.4, -0.2) is 51.6 Å². The van der Waals surface area contributed by atoms with Crippen LogP contribution in [0.4, 0.5) is 0 Å². The van der Waals surface area contributed by atoms with E-state index in [0.717, 1.165) is 24.1 Å². The topological polar surface area (TPSA) is 94.5 Å². The van der Waals surface area contributed by atoms with Gasteiger partial charge in [0.25, 0.3) is 0 Å². The van der Waals surface area contributed by atoms with Gasteiger partial charge in [0.15, 0.2) is 5.75 Å². The number of sulfonamides is 1. The highest BCUT2D eigenvalue weighted by Crippen LogP contribution is 2.40. The van der Waals surface area contributed by atoms with E-state index in [4.69, 9.17) is 9.47 Å². The molecule has 4 heterocycles. The third-order valence-electron chi connectivity index (χ3n) is 6.87. The van der Waals surface area contributed by atoms with Gasteiger partial charge in [-0.05, 0) is 50.8 Å². The third kappa shape index (κ3) is 5.16. The van der Waals surface area contributed by atoms with Crippen molar-refractivity contribution in [3.8, 4) is 17.5 Å². The van der Waals surface area contributed by atoms with Crippen molar-refractivity contribution in [2.45, 2.75) is 64.1 Å². The molecule has 5 rings (SSSR count). The van der Waals surface area contributed by atoms with Crippen LogP contribution in [0.5, 0.6) is 17.5 Å². The highest BCUT2D eigenvalue weighted by Gasteiger charge is 2.47. The third-order valence-corrected chi connectivity index (χ3v) is 8.83. The van der Waals surface area contributed by atoms with Crippen LogP contribution in [0.1, 0.15) is 42.5 Å². The summed E-state index contributed by atoms with van der Waals surface area (Å²) in [6.45, 7) is 3.74. The molecule has 9 heteroatoms. The Kier molecular flexibility index (Phi) is 6.71. The molecule has 0 amide bonds. The number of aryl methyl sites for hydroxylation is 2. The molecule has 0 spiro atoms. The maximum atomic E-state index is 13.2. The molecule has 2 aliphatic heterocycles. The predicted octanol–water partition coefficient (Wildman–Crippen LogP) is 4.23. The van der Waals surface area contributed by atoms with E-state index in [1.807, 2.05) is 56.3 Å². The SMILES string of the molecule is Cc1ncccc1Oc1ncnc(OC2C[C@@H]3CC[C@@H](C2)N3S(=O)(=O)CCc2ccccc2)c1C. The van der Waals surface area contributed by atoms with E-state index in [1.165, 1.54) is 6.33 Å². The summed E-state index contributed by atoms with van der Waals surface area (Å²) >= 11 is 0. The summed E-state index contributed by atoms with van der Waals surface area (Å²) in [5.41, 5.74) is 2.52. The van der Waals surface area contributed by atoms with Crippen molar-refractivity contribution >= 4 is 10.0 Å². The maximum absolute atomic E-state index is 13.2. The summed E-state index contributed by atoms with van der Waals surface area (Å²) in [4.78, 5) is 12.9. The molecule has 184 valence electrons. The first-order valence-electron chi connectivity index (χ1n) is 12.0. The van der Waals surface area contributed by atoms with Gasteiger partial charge in [-0.25, -0.2) is 18.4 Å². The molecule has 8 nitrogen and oxygen atoms in total. The normalized spacial score (nSPS) is 22.2. The molecule has 0 radical (unpaired) electrons. The van der Waals surface area contributed by atoms with Crippen molar-refractivity contribution in [1.29, 1.82) is 0 Å². The Morgan fingerprint density at radius 3 is 2.37 bits per heavy atom. The number of hydrogen-bond acceptors (Lipinski definition) is 7. The van der Waals surface area contributed by atoms with Gasteiger partial charge in [0.2, 0.25) is 21.8 Å². The van der Waals surface area contributed by atoms with Crippen molar-refractivity contribution in [2.24, 2.45) is 0 Å². The molecular formula is C26H30N4O4S. The van der Waals surface area contributed by atoms with Crippen LogP contribution in [0, 0.1) is 13.8 Å². The van der Waals surface area contributed by atoms with Crippen molar-refractivity contribution < 1.29 is 17.9 Å². The Labute approximate surface area is 206 Å². The van der Waals surface area contributed by atoms with Gasteiger partial charge in [-0.2, -0.15) is 4.31 Å². The number of piperidine rings is 1. The molecule has 2 saturated heterocycles. The largest absolute Gasteiger partial charge is 0.474 e. The lowest BCUT2D eigenvalue weighted by Gasteiger charge is -2.37. The van der Waals surface area contributed by atoms with Crippen LogP contribution in [0.15, 0.2) is 55.0 Å². The minimum absolute atomic E-state index is 0.0320. The summed E-state index contributed by atoms with van der Waals surface area (Å²) in [6.07, 6.45) is 6.62. The van der Waals surface area contributed by atoms with Crippen LogP contribution in [0.25, 0.3) is 0 Å². The fraction of sp³-hybridized carbons (Fsp3) is 0.423. The fourth-order valence-electron chi connectivity index (χ4n) is 5.11. The molecular weight excluding hydrogens is 464 g/mol. The lowest BCUT2D eigenvalue weighted by atomic mass is 10.0. The van der Waals surface area contributed by atoms with Crippen molar-refractivity contribution in [3.63, 3.8) is 0 Å². The highest BCUT2D eigenvalue weighted by molar-refractivity contribution is 7.89. The molecule has 0 aliphatic carbocycles. The first-order valence-corrected chi connectivity index (χ1v) is 13.6. The van der Waals surface area contributed by atoms with Gasteiger partial charge in [-0.15, -0.1) is 0 Å². The molecule has 2 fully saturated rings. The Balaban J connectivity index is 1.25. The summed E-state index contributed by atoms with van der Waals surface area (Å²) in [6, 6.07) is 13.4. The van der Waals surface area contributed by atoms with E-state index in [1.54, 1.807) is 10.5 Å². The minimum Gasteiger partial charge on any atom is -0.474 e. The summed E-state index contributed by atoms with van der Waals surface area (Å²) < 4.78 is 40.5. The van der Waals surface area contributed by atoms with Crippen LogP contribution in [0.2, 0.25) is 0 Å². The van der Waals surface area contributed by atoms with Crippen LogP contribution in [0.3, 0.4) is 0 Å². The number of pyridine rings is 1. The van der Waals surface area contributed by atoms with Crippen molar-refractivity contribution in [3.05, 3.63) is 71.8 Å². The van der Waals surface area contributed by atoms with Crippen LogP contribution < -0.4 is 9.47 Å². The number of benzene rings is 1. The summed E-state index contributed by atoms with van der Waals surface area (Å²) in [5, 5.41) is 0. The van der Waals surface area contributed by atoms with E-state index in [2.05, 4.69) is 15.0 Å². The first-order chi connectivity index (χ1) is 16.9. The van der Waals surface area contributed by atoms with E-state index in [9.17, 15) is 8.42 Å². The molecule has 2 aliphatic rings. The summed E-state index contributed by atoms with van der Waals surface area (Å²) in [5.74, 6) is 1.67. The predicted molar refractivity (Wildman–Crippen MR) is 132 cm³/mol. The maximum Gasteiger partial charge on any atom is 0.229 e. The average Bonchev–Trinajstić information content (AvgIpc) is 3.14. The number of ether oxygens (including phenoxy) is 2. The first kappa shape index (κ1) is 23.7. The lowest BCUT2D eigenvalue weighted by molar-refractivity contribution is 0.0908. The van der Waals surface area contributed by atoms with Gasteiger partial charge in [0, 0.05) is 31.1 Å². The van der Waals surface area contributed by atoms with E-state index in [0.29, 0.717) is 42.3 Å². The van der Waals surface area contributed by atoms with E-state index in [-0.39, 0.29) is 23.9 Å². The van der Waals surface area contributed by atoms with Crippen LogP contribution >= 0.6 is 0 Å². The van der Waals surface area contributed by atoms with Gasteiger partial charge in [-0.1, -0.05) is 30.3 Å². The molecule has 2 atom stereocenters. The zero-order chi connectivity index (χ0) is 24.4. The number of hydrogen-bond donors (Lipinski definition) is 0. The highest BCUT2D eigenvalue weighted by atomic mass is 32.2. The van der Waals surface area contributed by atoms with E-state index < -0.39 is 10.0 Å². The molecule has 35 heavy (non-hydrogen) atoms. The molecule has 1 aromatic carbocycles. The van der Waals surface area contributed by atoms with Crippen LogP contribution in [-0.2, 0) is 16.4 Å². The zero-order valence-electron chi connectivity index (χ0n) is 20.0. The lowest BCUT2D eigenvalue weighted by Crippen LogP contribution is -2.50. The second-order valence-corrected chi connectivity index (χ2v) is 11.3. The molecule has 0 saturated carbocycles. The smallest absolute Gasteiger partial charge is 0.229 e. The molecule has 2 bridgehead atoms. The van der Waals surface area contributed by atoms with Crippen molar-refractivity contribution in [2.75, 3.05) is 5.75 Å².